The summed E-state index contributed by atoms with van der Waals surface area (Å²) in [5, 5.41) is 2.32. The van der Waals surface area contributed by atoms with Crippen LogP contribution in [0.5, 0.6) is 0 Å². The standard InChI is InChI=1S/C6H8Cl2N4/c1-12(2)11-5-4(7)3-9-6(8)10-5/h3H,1-2H3,(H,9,10,11). The number of hydrogen-bond donors (Lipinski definition) is 1. The summed E-state index contributed by atoms with van der Waals surface area (Å²) in [5.41, 5.74) is 2.88. The van der Waals surface area contributed by atoms with E-state index in [1.807, 2.05) is 14.1 Å². The molecule has 0 aliphatic carbocycles. The van der Waals surface area contributed by atoms with Crippen molar-refractivity contribution in [3.8, 4) is 0 Å². The van der Waals surface area contributed by atoms with Crippen molar-refractivity contribution in [1.82, 2.24) is 15.0 Å². The number of hydrazine groups is 1. The Bertz CT molecular complexity index is 276. The van der Waals surface area contributed by atoms with E-state index in [1.165, 1.54) is 6.20 Å². The number of rotatable bonds is 2. The summed E-state index contributed by atoms with van der Waals surface area (Å²) in [5.74, 6) is 0.502. The minimum absolute atomic E-state index is 0.170. The summed E-state index contributed by atoms with van der Waals surface area (Å²) < 4.78 is 0. The van der Waals surface area contributed by atoms with Gasteiger partial charge in [-0.05, 0) is 11.6 Å². The molecule has 0 aliphatic heterocycles. The molecule has 6 heteroatoms. The van der Waals surface area contributed by atoms with Crippen LogP contribution in [0.3, 0.4) is 0 Å². The largest absolute Gasteiger partial charge is 0.302 e. The third kappa shape index (κ3) is 2.48. The number of aromatic nitrogens is 2. The molecular weight excluding hydrogens is 199 g/mol. The van der Waals surface area contributed by atoms with Gasteiger partial charge < -0.3 is 5.43 Å². The first-order valence-electron chi connectivity index (χ1n) is 3.21. The Labute approximate surface area is 80.5 Å². The molecule has 0 aliphatic rings. The molecule has 12 heavy (non-hydrogen) atoms. The minimum atomic E-state index is 0.170. The van der Waals surface area contributed by atoms with Crippen LogP contribution in [0.15, 0.2) is 6.20 Å². The predicted octanol–water partition coefficient (Wildman–Crippen LogP) is 1.67. The molecule has 0 aromatic carbocycles. The van der Waals surface area contributed by atoms with Crippen LogP contribution in [0.4, 0.5) is 5.82 Å². The van der Waals surface area contributed by atoms with Gasteiger partial charge in [0.1, 0.15) is 5.02 Å². The van der Waals surface area contributed by atoms with E-state index < -0.39 is 0 Å². The first kappa shape index (κ1) is 9.51. The summed E-state index contributed by atoms with van der Waals surface area (Å²) >= 11 is 11.3. The fourth-order valence-corrected chi connectivity index (χ4v) is 0.902. The van der Waals surface area contributed by atoms with Crippen LogP contribution in [-0.4, -0.2) is 29.1 Å². The smallest absolute Gasteiger partial charge is 0.224 e. The van der Waals surface area contributed by atoms with Gasteiger partial charge in [0.05, 0.1) is 6.20 Å². The van der Waals surface area contributed by atoms with E-state index in [-0.39, 0.29) is 5.28 Å². The van der Waals surface area contributed by atoms with Crippen molar-refractivity contribution in [2.45, 2.75) is 0 Å². The van der Waals surface area contributed by atoms with Gasteiger partial charge in [-0.3, -0.25) is 0 Å². The molecule has 0 bridgehead atoms. The fraction of sp³-hybridized carbons (Fsp3) is 0.333. The van der Waals surface area contributed by atoms with Crippen LogP contribution >= 0.6 is 23.2 Å². The van der Waals surface area contributed by atoms with Crippen molar-refractivity contribution in [3.63, 3.8) is 0 Å². The van der Waals surface area contributed by atoms with E-state index in [1.54, 1.807) is 5.01 Å². The molecule has 1 rings (SSSR count). The van der Waals surface area contributed by atoms with Gasteiger partial charge in [-0.1, -0.05) is 11.6 Å². The number of hydrogen-bond acceptors (Lipinski definition) is 4. The molecule has 0 atom stereocenters. The van der Waals surface area contributed by atoms with Gasteiger partial charge in [-0.2, -0.15) is 4.98 Å². The maximum atomic E-state index is 5.77. The fourth-order valence-electron chi connectivity index (χ4n) is 0.636. The van der Waals surface area contributed by atoms with Crippen LogP contribution in [0.25, 0.3) is 0 Å². The maximum absolute atomic E-state index is 5.77. The Morgan fingerprint density at radius 3 is 2.67 bits per heavy atom. The molecule has 0 saturated carbocycles. The van der Waals surface area contributed by atoms with Crippen LogP contribution in [-0.2, 0) is 0 Å². The molecule has 0 spiro atoms. The zero-order valence-electron chi connectivity index (χ0n) is 6.67. The predicted molar refractivity (Wildman–Crippen MR) is 49.4 cm³/mol. The van der Waals surface area contributed by atoms with E-state index in [2.05, 4.69) is 15.4 Å². The lowest BCUT2D eigenvalue weighted by Gasteiger charge is -2.12. The Morgan fingerprint density at radius 1 is 1.42 bits per heavy atom. The molecule has 0 amide bonds. The van der Waals surface area contributed by atoms with E-state index >= 15 is 0 Å². The number of nitrogens with one attached hydrogen (secondary N) is 1. The van der Waals surface area contributed by atoms with E-state index in [9.17, 15) is 0 Å². The van der Waals surface area contributed by atoms with Gasteiger partial charge in [0.15, 0.2) is 5.82 Å². The lowest BCUT2D eigenvalue weighted by molar-refractivity contribution is 0.492. The van der Waals surface area contributed by atoms with Crippen LogP contribution in [0, 0.1) is 0 Å². The van der Waals surface area contributed by atoms with Crippen LogP contribution in [0.1, 0.15) is 0 Å². The summed E-state index contributed by atoms with van der Waals surface area (Å²) in [6.07, 6.45) is 1.45. The van der Waals surface area contributed by atoms with Gasteiger partial charge in [0, 0.05) is 14.1 Å². The quantitative estimate of drug-likeness (QED) is 0.591. The van der Waals surface area contributed by atoms with Crippen molar-refractivity contribution in [2.24, 2.45) is 0 Å². The highest BCUT2D eigenvalue weighted by Crippen LogP contribution is 2.18. The van der Waals surface area contributed by atoms with E-state index in [4.69, 9.17) is 23.2 Å². The molecule has 0 fully saturated rings. The second kappa shape index (κ2) is 3.89. The Balaban J connectivity index is 2.90. The van der Waals surface area contributed by atoms with Gasteiger partial charge in [0.2, 0.25) is 5.28 Å². The van der Waals surface area contributed by atoms with Crippen molar-refractivity contribution in [1.29, 1.82) is 0 Å². The van der Waals surface area contributed by atoms with Crippen LogP contribution in [0.2, 0.25) is 10.3 Å². The second-order valence-electron chi connectivity index (χ2n) is 2.34. The molecule has 0 unspecified atom stereocenters. The van der Waals surface area contributed by atoms with Crippen molar-refractivity contribution < 1.29 is 0 Å². The first-order valence-corrected chi connectivity index (χ1v) is 3.97. The molecular formula is C6H8Cl2N4. The molecule has 66 valence electrons. The highest BCUT2D eigenvalue weighted by Gasteiger charge is 2.03. The average Bonchev–Trinajstić information content (AvgIpc) is 1.96. The third-order valence-corrected chi connectivity index (χ3v) is 1.50. The molecule has 1 N–H and O–H groups in total. The van der Waals surface area contributed by atoms with Crippen molar-refractivity contribution in [3.05, 3.63) is 16.5 Å². The topological polar surface area (TPSA) is 41.0 Å². The number of nitrogens with zero attached hydrogens (tertiary/aromatic N) is 3. The van der Waals surface area contributed by atoms with Gasteiger partial charge in [0.25, 0.3) is 0 Å². The van der Waals surface area contributed by atoms with E-state index in [0.29, 0.717) is 10.8 Å². The molecule has 4 nitrogen and oxygen atoms in total. The highest BCUT2D eigenvalue weighted by molar-refractivity contribution is 6.33. The van der Waals surface area contributed by atoms with Gasteiger partial charge in [-0.15, -0.1) is 0 Å². The molecule has 0 saturated heterocycles. The zero-order chi connectivity index (χ0) is 9.14. The van der Waals surface area contributed by atoms with E-state index in [0.717, 1.165) is 0 Å². The Hall–Kier alpha value is -0.580. The Morgan fingerprint density at radius 2 is 2.08 bits per heavy atom. The lowest BCUT2D eigenvalue weighted by Crippen LogP contribution is -2.20. The molecule has 1 aromatic rings. The lowest BCUT2D eigenvalue weighted by atomic mass is 10.6. The summed E-state index contributed by atoms with van der Waals surface area (Å²) in [6.45, 7) is 0. The summed E-state index contributed by atoms with van der Waals surface area (Å²) in [6, 6.07) is 0. The average molecular weight is 207 g/mol. The summed E-state index contributed by atoms with van der Waals surface area (Å²) in [4.78, 5) is 7.59. The SMILES string of the molecule is CN(C)Nc1nc(Cl)ncc1Cl. The van der Waals surface area contributed by atoms with Crippen molar-refractivity contribution in [2.75, 3.05) is 19.5 Å². The zero-order valence-corrected chi connectivity index (χ0v) is 8.19. The van der Waals surface area contributed by atoms with Gasteiger partial charge in [-0.25, -0.2) is 9.99 Å². The molecule has 0 radical (unpaired) electrons. The molecule has 1 aromatic heterocycles. The minimum Gasteiger partial charge on any atom is -0.302 e. The normalized spacial score (nSPS) is 10.4. The number of halogens is 2. The van der Waals surface area contributed by atoms with Gasteiger partial charge >= 0.3 is 0 Å². The molecule has 1 heterocycles. The van der Waals surface area contributed by atoms with Crippen LogP contribution < -0.4 is 5.43 Å². The maximum Gasteiger partial charge on any atom is 0.224 e. The Kier molecular flexibility index (Phi) is 3.08. The van der Waals surface area contributed by atoms with Crippen molar-refractivity contribution >= 4 is 29.0 Å². The second-order valence-corrected chi connectivity index (χ2v) is 3.09. The summed E-state index contributed by atoms with van der Waals surface area (Å²) in [7, 11) is 3.65. The highest BCUT2D eigenvalue weighted by atomic mass is 35.5. The third-order valence-electron chi connectivity index (χ3n) is 1.04. The first-order chi connectivity index (χ1) is 5.59. The number of anilines is 1. The monoisotopic (exact) mass is 206 g/mol.